The van der Waals surface area contributed by atoms with E-state index in [2.05, 4.69) is 4.98 Å². The fourth-order valence-electron chi connectivity index (χ4n) is 0.943. The molecule has 15 heavy (non-hydrogen) atoms. The Balaban J connectivity index is 3.35. The second kappa shape index (κ2) is 4.97. The van der Waals surface area contributed by atoms with E-state index in [0.717, 1.165) is 6.07 Å². The monoisotopic (exact) mass is 348 g/mol. The molecule has 0 saturated heterocycles. The number of nitro groups is 1. The van der Waals surface area contributed by atoms with E-state index in [1.807, 2.05) is 0 Å². The molecule has 0 N–H and O–H groups in total. The highest BCUT2D eigenvalue weighted by Crippen LogP contribution is 2.28. The van der Waals surface area contributed by atoms with Gasteiger partial charge >= 0.3 is 0 Å². The van der Waals surface area contributed by atoms with E-state index < -0.39 is 17.0 Å². The van der Waals surface area contributed by atoms with Crippen LogP contribution >= 0.6 is 34.2 Å². The molecule has 0 fully saturated rings. The zero-order valence-corrected chi connectivity index (χ0v) is 10.00. The van der Waals surface area contributed by atoms with Crippen molar-refractivity contribution in [3.05, 3.63) is 31.1 Å². The van der Waals surface area contributed by atoms with E-state index in [1.54, 1.807) is 22.6 Å². The van der Waals surface area contributed by atoms with Crippen LogP contribution in [0, 0.1) is 13.7 Å². The van der Waals surface area contributed by atoms with Crippen molar-refractivity contribution in [1.29, 1.82) is 0 Å². The molecule has 0 atom stereocenters. The fourth-order valence-corrected chi connectivity index (χ4v) is 1.79. The van der Waals surface area contributed by atoms with Gasteiger partial charge in [0.25, 0.3) is 12.1 Å². The largest absolute Gasteiger partial charge is 0.293 e. The van der Waals surface area contributed by atoms with E-state index in [0.29, 0.717) is 0 Å². The lowest BCUT2D eigenvalue weighted by atomic mass is 10.3. The van der Waals surface area contributed by atoms with Crippen molar-refractivity contribution in [3.63, 3.8) is 0 Å². The maximum absolute atomic E-state index is 12.4. The molecule has 8 heteroatoms. The molecule has 0 saturated carbocycles. The molecule has 1 heterocycles. The smallest absolute Gasteiger partial charge is 0.258 e. The summed E-state index contributed by atoms with van der Waals surface area (Å²) in [4.78, 5) is 13.3. The van der Waals surface area contributed by atoms with Crippen molar-refractivity contribution in [3.8, 4) is 0 Å². The standard InChI is InChI=1S/C7H4ClF2IN2O2/c8-2-4-5(13(14)15)1-3(11)6(12-4)7(9)10/h1,7H,2H2. The van der Waals surface area contributed by atoms with Gasteiger partial charge in [0.05, 0.1) is 10.8 Å². The van der Waals surface area contributed by atoms with Crippen molar-refractivity contribution >= 4 is 39.9 Å². The maximum atomic E-state index is 12.4. The van der Waals surface area contributed by atoms with Crippen LogP contribution in [0.5, 0.6) is 0 Å². The first-order valence-electron chi connectivity index (χ1n) is 3.65. The lowest BCUT2D eigenvalue weighted by Gasteiger charge is -2.05. The van der Waals surface area contributed by atoms with E-state index in [1.165, 1.54) is 0 Å². The minimum absolute atomic E-state index is 0.0585. The summed E-state index contributed by atoms with van der Waals surface area (Å²) in [5, 5.41) is 10.5. The van der Waals surface area contributed by atoms with Crippen LogP contribution in [0.3, 0.4) is 0 Å². The number of aromatic nitrogens is 1. The van der Waals surface area contributed by atoms with Gasteiger partial charge < -0.3 is 0 Å². The Morgan fingerprint density at radius 3 is 2.67 bits per heavy atom. The van der Waals surface area contributed by atoms with Crippen molar-refractivity contribution in [1.82, 2.24) is 4.98 Å². The Kier molecular flexibility index (Phi) is 4.14. The van der Waals surface area contributed by atoms with Crippen molar-refractivity contribution in [2.75, 3.05) is 0 Å². The molecular weight excluding hydrogens is 344 g/mol. The molecule has 82 valence electrons. The van der Waals surface area contributed by atoms with E-state index >= 15 is 0 Å². The van der Waals surface area contributed by atoms with Gasteiger partial charge in [-0.05, 0) is 22.6 Å². The lowest BCUT2D eigenvalue weighted by molar-refractivity contribution is -0.385. The first kappa shape index (κ1) is 12.5. The van der Waals surface area contributed by atoms with E-state index in [9.17, 15) is 18.9 Å². The molecule has 1 rings (SSSR count). The normalized spacial score (nSPS) is 10.7. The van der Waals surface area contributed by atoms with Crippen molar-refractivity contribution < 1.29 is 13.7 Å². The van der Waals surface area contributed by atoms with Crippen LogP contribution in [0.15, 0.2) is 6.07 Å². The van der Waals surface area contributed by atoms with Gasteiger partial charge in [-0.3, -0.25) is 10.1 Å². The summed E-state index contributed by atoms with van der Waals surface area (Å²) < 4.78 is 24.9. The molecule has 0 radical (unpaired) electrons. The van der Waals surface area contributed by atoms with Crippen LogP contribution in [0.2, 0.25) is 0 Å². The van der Waals surface area contributed by atoms with Gasteiger partial charge in [-0.25, -0.2) is 13.8 Å². The second-order valence-corrected chi connectivity index (χ2v) is 3.94. The molecule has 1 aromatic heterocycles. The molecular formula is C7H4ClF2IN2O2. The summed E-state index contributed by atoms with van der Waals surface area (Å²) in [6.45, 7) is 0. The third-order valence-electron chi connectivity index (χ3n) is 1.59. The third-order valence-corrected chi connectivity index (χ3v) is 2.71. The first-order valence-corrected chi connectivity index (χ1v) is 5.26. The average molecular weight is 348 g/mol. The van der Waals surface area contributed by atoms with Gasteiger partial charge in [-0.15, -0.1) is 11.6 Å². The lowest BCUT2D eigenvalue weighted by Crippen LogP contribution is -2.03. The molecule has 0 spiro atoms. The minimum atomic E-state index is -2.76. The van der Waals surface area contributed by atoms with Crippen LogP contribution < -0.4 is 0 Å². The number of hydrogen-bond donors (Lipinski definition) is 0. The molecule has 4 nitrogen and oxygen atoms in total. The highest BCUT2D eigenvalue weighted by molar-refractivity contribution is 14.1. The molecule has 0 aliphatic rings. The van der Waals surface area contributed by atoms with Crippen molar-refractivity contribution in [2.24, 2.45) is 0 Å². The summed E-state index contributed by atoms with van der Waals surface area (Å²) in [6.07, 6.45) is -2.76. The summed E-state index contributed by atoms with van der Waals surface area (Å²) >= 11 is 6.97. The number of rotatable bonds is 3. The highest BCUT2D eigenvalue weighted by atomic mass is 127. The Hall–Kier alpha value is -0.570. The molecule has 0 unspecified atom stereocenters. The number of alkyl halides is 3. The Morgan fingerprint density at radius 1 is 1.67 bits per heavy atom. The van der Waals surface area contributed by atoms with Crippen LogP contribution in [-0.2, 0) is 5.88 Å². The van der Waals surface area contributed by atoms with Gasteiger partial charge in [0.2, 0.25) is 0 Å². The summed E-state index contributed by atoms with van der Waals surface area (Å²) in [5.41, 5.74) is -0.951. The molecule has 1 aromatic rings. The number of halogens is 4. The molecule has 0 aromatic carbocycles. The maximum Gasteiger partial charge on any atom is 0.293 e. The number of nitrogens with zero attached hydrogens (tertiary/aromatic N) is 2. The third kappa shape index (κ3) is 2.71. The Labute approximate surface area is 102 Å². The van der Waals surface area contributed by atoms with Gasteiger partial charge in [0, 0.05) is 9.64 Å². The summed E-state index contributed by atoms with van der Waals surface area (Å²) in [5.74, 6) is -0.271. The topological polar surface area (TPSA) is 56.0 Å². The fraction of sp³-hybridized carbons (Fsp3) is 0.286. The first-order chi connectivity index (χ1) is 6.97. The Bertz CT molecular complexity index is 403. The second-order valence-electron chi connectivity index (χ2n) is 2.51. The minimum Gasteiger partial charge on any atom is -0.258 e. The number of pyridine rings is 1. The van der Waals surface area contributed by atoms with Crippen molar-refractivity contribution in [2.45, 2.75) is 12.3 Å². The van der Waals surface area contributed by atoms with Crippen LogP contribution in [0.25, 0.3) is 0 Å². The zero-order valence-electron chi connectivity index (χ0n) is 7.08. The van der Waals surface area contributed by atoms with Gasteiger partial charge in [0.15, 0.2) is 0 Å². The SMILES string of the molecule is O=[N+]([O-])c1cc(I)c(C(F)F)nc1CCl. The highest BCUT2D eigenvalue weighted by Gasteiger charge is 2.22. The number of hydrogen-bond acceptors (Lipinski definition) is 3. The molecule has 0 aliphatic carbocycles. The predicted octanol–water partition coefficient (Wildman–Crippen LogP) is 3.27. The molecule has 0 bridgehead atoms. The Morgan fingerprint density at radius 2 is 2.27 bits per heavy atom. The van der Waals surface area contributed by atoms with E-state index in [-0.39, 0.29) is 20.8 Å². The van der Waals surface area contributed by atoms with Crippen LogP contribution in [0.1, 0.15) is 17.8 Å². The van der Waals surface area contributed by atoms with Gasteiger partial charge in [0.1, 0.15) is 11.4 Å². The van der Waals surface area contributed by atoms with Crippen LogP contribution in [0.4, 0.5) is 14.5 Å². The summed E-state index contributed by atoms with van der Waals surface area (Å²) in [6, 6.07) is 1.05. The van der Waals surface area contributed by atoms with Gasteiger partial charge in [-0.1, -0.05) is 0 Å². The predicted molar refractivity (Wildman–Crippen MR) is 58.1 cm³/mol. The van der Waals surface area contributed by atoms with Crippen LogP contribution in [-0.4, -0.2) is 9.91 Å². The zero-order chi connectivity index (χ0) is 11.6. The summed E-state index contributed by atoms with van der Waals surface area (Å²) in [7, 11) is 0. The molecule has 0 aliphatic heterocycles. The quantitative estimate of drug-likeness (QED) is 0.365. The van der Waals surface area contributed by atoms with Gasteiger partial charge in [-0.2, -0.15) is 0 Å². The van der Waals surface area contributed by atoms with E-state index in [4.69, 9.17) is 11.6 Å². The average Bonchev–Trinajstić information content (AvgIpc) is 2.16. The molecule has 0 amide bonds.